The summed E-state index contributed by atoms with van der Waals surface area (Å²) in [4.78, 5) is 36.0. The number of rotatable bonds is 5. The fourth-order valence-corrected chi connectivity index (χ4v) is 10.2. The largest absolute Gasteiger partial charge is 0.309 e. The molecule has 61 heavy (non-hydrogen) atoms. The van der Waals surface area contributed by atoms with E-state index < -0.39 is 0 Å². The van der Waals surface area contributed by atoms with Crippen LogP contribution in [0.3, 0.4) is 0 Å². The van der Waals surface area contributed by atoms with Crippen LogP contribution < -0.4 is 11.1 Å². The number of aromatic nitrogens is 3. The average Bonchev–Trinajstić information content (AvgIpc) is 3.84. The van der Waals surface area contributed by atoms with Crippen LogP contribution in [0, 0.1) is 0 Å². The van der Waals surface area contributed by atoms with Crippen molar-refractivity contribution in [1.29, 1.82) is 0 Å². The van der Waals surface area contributed by atoms with Gasteiger partial charge in [0.25, 0.3) is 11.1 Å². The number of nitrogens with zero attached hydrogens (tertiary/aromatic N) is 3. The molecule has 0 aliphatic carbocycles. The minimum Gasteiger partial charge on any atom is -0.309 e. The maximum Gasteiger partial charge on any atom is 0.266 e. The molecule has 0 saturated carbocycles. The third kappa shape index (κ3) is 5.57. The second-order valence-corrected chi connectivity index (χ2v) is 16.5. The predicted molar refractivity (Wildman–Crippen MR) is 255 cm³/mol. The Bertz CT molecular complexity index is 3780. The Kier molecular flexibility index (Phi) is 7.95. The van der Waals surface area contributed by atoms with Gasteiger partial charge in [-0.05, 0) is 88.6 Å². The molecule has 286 valence electrons. The zero-order valence-electron chi connectivity index (χ0n) is 32.6. The van der Waals surface area contributed by atoms with Crippen molar-refractivity contribution in [2.24, 2.45) is 0 Å². The van der Waals surface area contributed by atoms with E-state index in [-0.39, 0.29) is 11.1 Å². The van der Waals surface area contributed by atoms with E-state index >= 15 is 9.59 Å². The van der Waals surface area contributed by atoms with Crippen LogP contribution >= 0.6 is 11.3 Å². The van der Waals surface area contributed by atoms with Crippen molar-refractivity contribution in [1.82, 2.24) is 14.1 Å². The van der Waals surface area contributed by atoms with E-state index in [1.165, 1.54) is 4.57 Å². The highest BCUT2D eigenvalue weighted by Crippen LogP contribution is 2.40. The molecule has 12 aromatic rings. The molecule has 0 aliphatic rings. The van der Waals surface area contributed by atoms with Crippen LogP contribution in [0.25, 0.3) is 109 Å². The molecule has 0 saturated heterocycles. The van der Waals surface area contributed by atoms with Crippen LogP contribution in [-0.2, 0) is 0 Å². The van der Waals surface area contributed by atoms with Crippen molar-refractivity contribution in [3.63, 3.8) is 0 Å². The van der Waals surface area contributed by atoms with E-state index in [9.17, 15) is 0 Å². The maximum atomic E-state index is 15.6. The molecule has 4 aromatic heterocycles. The lowest BCUT2D eigenvalue weighted by molar-refractivity contribution is 0.977. The van der Waals surface area contributed by atoms with Crippen LogP contribution in [0.1, 0.15) is 0 Å². The number of hydrogen-bond donors (Lipinski definition) is 0. The molecule has 0 atom stereocenters. The van der Waals surface area contributed by atoms with Gasteiger partial charge in [0.15, 0.2) is 0 Å². The van der Waals surface area contributed by atoms with E-state index in [2.05, 4.69) is 89.5 Å². The van der Waals surface area contributed by atoms with Crippen molar-refractivity contribution in [2.45, 2.75) is 0 Å². The van der Waals surface area contributed by atoms with Gasteiger partial charge in [-0.1, -0.05) is 133 Å². The van der Waals surface area contributed by atoms with Gasteiger partial charge in [-0.2, -0.15) is 0 Å². The number of hydrogen-bond acceptors (Lipinski definition) is 4. The molecule has 12 rings (SSSR count). The molecule has 0 N–H and O–H groups in total. The molecule has 0 aliphatic heterocycles. The fraction of sp³-hybridized carbons (Fsp3) is 0. The summed E-state index contributed by atoms with van der Waals surface area (Å²) in [6, 6.07) is 67.3. The van der Waals surface area contributed by atoms with Crippen LogP contribution in [-0.4, -0.2) is 14.1 Å². The van der Waals surface area contributed by atoms with Gasteiger partial charge >= 0.3 is 0 Å². The first-order valence-electron chi connectivity index (χ1n) is 20.3. The summed E-state index contributed by atoms with van der Waals surface area (Å²) in [7, 11) is 0. The first-order valence-corrected chi connectivity index (χ1v) is 21.1. The molecule has 0 bridgehead atoms. The van der Waals surface area contributed by atoms with Gasteiger partial charge in [0.05, 0.1) is 33.5 Å². The number of benzene rings is 8. The number of thiophene rings is 1. The van der Waals surface area contributed by atoms with Crippen molar-refractivity contribution in [3.05, 3.63) is 221 Å². The van der Waals surface area contributed by atoms with E-state index in [0.717, 1.165) is 92.1 Å². The summed E-state index contributed by atoms with van der Waals surface area (Å²) >= 11 is 1.70. The van der Waals surface area contributed by atoms with Crippen LogP contribution in [0.15, 0.2) is 210 Å². The van der Waals surface area contributed by atoms with Crippen LogP contribution in [0.5, 0.6) is 0 Å². The Morgan fingerprint density at radius 1 is 0.344 bits per heavy atom. The van der Waals surface area contributed by atoms with Crippen molar-refractivity contribution in [2.75, 3.05) is 0 Å². The van der Waals surface area contributed by atoms with Crippen LogP contribution in [0.4, 0.5) is 0 Å². The summed E-state index contributed by atoms with van der Waals surface area (Å²) < 4.78 is 5.82. The van der Waals surface area contributed by atoms with Gasteiger partial charge in [-0.3, -0.25) is 9.59 Å². The van der Waals surface area contributed by atoms with Gasteiger partial charge < -0.3 is 4.57 Å². The monoisotopic (exact) mass is 799 g/mol. The lowest BCUT2D eigenvalue weighted by atomic mass is 10.00. The summed E-state index contributed by atoms with van der Waals surface area (Å²) in [5.74, 6) is 0. The second-order valence-electron chi connectivity index (χ2n) is 15.4. The molecule has 0 spiro atoms. The second kappa shape index (κ2) is 13.8. The normalized spacial score (nSPS) is 11.7. The molecule has 4 heterocycles. The minimum absolute atomic E-state index is 0.359. The third-order valence-electron chi connectivity index (χ3n) is 11.9. The number of pyridine rings is 1. The first-order chi connectivity index (χ1) is 30.1. The SMILES string of the molecule is O=c1c2cc3c(cc2c2ccc4c(c5ccccc5n4-c4ccccc4)c2c(=O)n1-c1ccc(-c2cc(-c4ccccc4)nc(-c4ccccc4)c2)cc1)sc1ccccc13. The van der Waals surface area contributed by atoms with Gasteiger partial charge in [0, 0.05) is 53.1 Å². The molecule has 5 nitrogen and oxygen atoms in total. The van der Waals surface area contributed by atoms with Gasteiger partial charge in [0.1, 0.15) is 0 Å². The Hall–Kier alpha value is -7.93. The average molecular weight is 800 g/mol. The highest BCUT2D eigenvalue weighted by atomic mass is 32.1. The zero-order valence-corrected chi connectivity index (χ0v) is 33.4. The topological polar surface area (TPSA) is 56.9 Å². The standard InChI is InChI=1S/C55H33N3O2S/c59-54-45-32-44-40-20-11-13-23-50(40)61-51(44)33-43(45)41-28-29-49-52(42-21-10-12-22-48(42)57(49)38-18-8-3-9-19-38)53(41)55(60)58(54)39-26-24-34(25-27-39)37-30-46(35-14-4-1-5-15-35)56-47(31-37)36-16-6-2-7-17-36/h1-33H. The Morgan fingerprint density at radius 2 is 0.951 bits per heavy atom. The zero-order chi connectivity index (χ0) is 40.6. The number of para-hydroxylation sites is 2. The Labute approximate surface area is 353 Å². The lowest BCUT2D eigenvalue weighted by Gasteiger charge is -2.11. The predicted octanol–water partition coefficient (Wildman–Crippen LogP) is 13.4. The van der Waals surface area contributed by atoms with E-state index in [4.69, 9.17) is 4.98 Å². The van der Waals surface area contributed by atoms with Crippen LogP contribution in [0.2, 0.25) is 0 Å². The van der Waals surface area contributed by atoms with Crippen molar-refractivity contribution < 1.29 is 0 Å². The fourth-order valence-electron chi connectivity index (χ4n) is 9.11. The quantitative estimate of drug-likeness (QED) is 0.174. The first kappa shape index (κ1) is 35.1. The lowest BCUT2D eigenvalue weighted by Crippen LogP contribution is -2.28. The summed E-state index contributed by atoms with van der Waals surface area (Å²) in [5, 5.41) is 6.36. The van der Waals surface area contributed by atoms with E-state index in [1.807, 2.05) is 115 Å². The summed E-state index contributed by atoms with van der Waals surface area (Å²) in [6.07, 6.45) is 0. The van der Waals surface area contributed by atoms with Gasteiger partial charge in [-0.25, -0.2) is 9.55 Å². The Morgan fingerprint density at radius 3 is 1.66 bits per heavy atom. The highest BCUT2D eigenvalue weighted by molar-refractivity contribution is 7.25. The summed E-state index contributed by atoms with van der Waals surface area (Å²) in [6.45, 7) is 0. The molecule has 0 fully saturated rings. The van der Waals surface area contributed by atoms with E-state index in [1.54, 1.807) is 11.3 Å². The Balaban J connectivity index is 1.15. The van der Waals surface area contributed by atoms with Gasteiger partial charge in [0.2, 0.25) is 0 Å². The molecule has 6 heteroatoms. The molecular formula is C55H33N3O2S. The summed E-state index contributed by atoms with van der Waals surface area (Å²) in [5.41, 5.74) is 8.33. The maximum absolute atomic E-state index is 15.6. The molecule has 0 radical (unpaired) electrons. The molecule has 0 unspecified atom stereocenters. The smallest absolute Gasteiger partial charge is 0.266 e. The third-order valence-corrected chi connectivity index (χ3v) is 13.1. The minimum atomic E-state index is -0.361. The molecular weight excluding hydrogens is 767 g/mol. The molecule has 8 aromatic carbocycles. The van der Waals surface area contributed by atoms with Gasteiger partial charge in [-0.15, -0.1) is 11.3 Å². The molecule has 0 amide bonds. The van der Waals surface area contributed by atoms with E-state index in [0.29, 0.717) is 16.5 Å². The van der Waals surface area contributed by atoms with Crippen molar-refractivity contribution >= 4 is 74.9 Å². The van der Waals surface area contributed by atoms with Crippen molar-refractivity contribution in [3.8, 4) is 45.0 Å². The number of fused-ring (bicyclic) bond motifs is 10. The highest BCUT2D eigenvalue weighted by Gasteiger charge is 2.21.